The van der Waals surface area contributed by atoms with E-state index < -0.39 is 0 Å². The Morgan fingerprint density at radius 1 is 0.536 bits per heavy atom. The summed E-state index contributed by atoms with van der Waals surface area (Å²) in [5, 5.41) is 5.91. The molecule has 0 saturated carbocycles. The molecule has 0 saturated heterocycles. The third-order valence-electron chi connectivity index (χ3n) is 5.46. The number of hydrogen-bond donors (Lipinski definition) is 0. The highest BCUT2D eigenvalue weighted by Gasteiger charge is 2.14. The van der Waals surface area contributed by atoms with Gasteiger partial charge in [-0.3, -0.25) is 4.98 Å². The van der Waals surface area contributed by atoms with Gasteiger partial charge in [0.05, 0.1) is 16.6 Å². The Balaban J connectivity index is 1.81. The number of rotatable bonds is 1. The van der Waals surface area contributed by atoms with E-state index in [1.807, 2.05) is 18.3 Å². The first kappa shape index (κ1) is 15.3. The van der Waals surface area contributed by atoms with Crippen LogP contribution in [0.4, 0.5) is 0 Å². The highest BCUT2D eigenvalue weighted by Crippen LogP contribution is 2.37. The average molecular weight is 356 g/mol. The third-order valence-corrected chi connectivity index (χ3v) is 5.46. The highest BCUT2D eigenvalue weighted by atomic mass is 14.7. The van der Waals surface area contributed by atoms with Crippen molar-refractivity contribution in [1.29, 1.82) is 0 Å². The fourth-order valence-corrected chi connectivity index (χ4v) is 4.15. The summed E-state index contributed by atoms with van der Waals surface area (Å²) in [6, 6.07) is 31.9. The van der Waals surface area contributed by atoms with E-state index in [0.717, 1.165) is 27.3 Å². The second-order valence-corrected chi connectivity index (χ2v) is 7.10. The zero-order chi connectivity index (χ0) is 18.5. The van der Waals surface area contributed by atoms with E-state index in [-0.39, 0.29) is 0 Å². The van der Waals surface area contributed by atoms with Crippen LogP contribution in [0.25, 0.3) is 54.6 Å². The van der Waals surface area contributed by atoms with Crippen molar-refractivity contribution in [1.82, 2.24) is 9.97 Å². The van der Waals surface area contributed by atoms with Crippen molar-refractivity contribution in [3.8, 4) is 11.1 Å². The third kappa shape index (κ3) is 2.21. The van der Waals surface area contributed by atoms with Crippen molar-refractivity contribution < 1.29 is 0 Å². The lowest BCUT2D eigenvalue weighted by atomic mass is 9.93. The summed E-state index contributed by atoms with van der Waals surface area (Å²) in [4.78, 5) is 9.63. The molecule has 0 N–H and O–H groups in total. The zero-order valence-corrected chi connectivity index (χ0v) is 15.1. The summed E-state index contributed by atoms with van der Waals surface area (Å²) >= 11 is 0. The lowest BCUT2D eigenvalue weighted by Crippen LogP contribution is -1.91. The van der Waals surface area contributed by atoms with E-state index in [4.69, 9.17) is 4.98 Å². The molecule has 0 atom stereocenters. The van der Waals surface area contributed by atoms with Gasteiger partial charge in [0.15, 0.2) is 0 Å². The maximum atomic E-state index is 4.99. The second-order valence-electron chi connectivity index (χ2n) is 7.10. The SMILES string of the molecule is c1ccc2cc(-c3c4ccccc4nc4c3ccc3cccnc34)ccc2c1. The number of benzene rings is 4. The first-order chi connectivity index (χ1) is 13.9. The molecular formula is C26H16N2. The molecule has 2 heterocycles. The van der Waals surface area contributed by atoms with Gasteiger partial charge in [-0.1, -0.05) is 72.8 Å². The van der Waals surface area contributed by atoms with Gasteiger partial charge in [-0.25, -0.2) is 4.98 Å². The quantitative estimate of drug-likeness (QED) is 0.240. The van der Waals surface area contributed by atoms with Gasteiger partial charge in [-0.15, -0.1) is 0 Å². The van der Waals surface area contributed by atoms with Crippen LogP contribution in [-0.2, 0) is 0 Å². The number of para-hydroxylation sites is 1. The van der Waals surface area contributed by atoms with E-state index in [1.54, 1.807) is 0 Å². The van der Waals surface area contributed by atoms with Gasteiger partial charge in [-0.05, 0) is 34.5 Å². The van der Waals surface area contributed by atoms with Gasteiger partial charge in [0, 0.05) is 27.9 Å². The van der Waals surface area contributed by atoms with Crippen molar-refractivity contribution in [2.75, 3.05) is 0 Å². The molecule has 2 heteroatoms. The minimum absolute atomic E-state index is 0.952. The van der Waals surface area contributed by atoms with Crippen molar-refractivity contribution in [3.63, 3.8) is 0 Å². The Labute approximate surface area is 162 Å². The molecule has 6 rings (SSSR count). The Morgan fingerprint density at radius 3 is 2.29 bits per heavy atom. The van der Waals surface area contributed by atoms with Crippen molar-refractivity contribution >= 4 is 43.5 Å². The molecule has 28 heavy (non-hydrogen) atoms. The molecule has 0 bridgehead atoms. The monoisotopic (exact) mass is 356 g/mol. The topological polar surface area (TPSA) is 25.8 Å². The number of aromatic nitrogens is 2. The molecule has 0 aliphatic heterocycles. The zero-order valence-electron chi connectivity index (χ0n) is 15.1. The number of hydrogen-bond acceptors (Lipinski definition) is 2. The minimum atomic E-state index is 0.952. The van der Waals surface area contributed by atoms with Crippen LogP contribution in [-0.4, -0.2) is 9.97 Å². The summed E-state index contributed by atoms with van der Waals surface area (Å²) in [6.45, 7) is 0. The second kappa shape index (κ2) is 5.86. The summed E-state index contributed by atoms with van der Waals surface area (Å²) in [7, 11) is 0. The molecule has 6 aromatic rings. The smallest absolute Gasteiger partial charge is 0.0978 e. The summed E-state index contributed by atoms with van der Waals surface area (Å²) in [5.41, 5.74) is 5.33. The van der Waals surface area contributed by atoms with E-state index in [2.05, 4.69) is 83.8 Å². The Bertz CT molecular complexity index is 1520. The van der Waals surface area contributed by atoms with Gasteiger partial charge >= 0.3 is 0 Å². The summed E-state index contributed by atoms with van der Waals surface area (Å²) in [5.74, 6) is 0. The van der Waals surface area contributed by atoms with Crippen LogP contribution in [0.5, 0.6) is 0 Å². The molecule has 2 aromatic heterocycles. The lowest BCUT2D eigenvalue weighted by molar-refractivity contribution is 1.40. The first-order valence-corrected chi connectivity index (χ1v) is 9.44. The molecule has 4 aromatic carbocycles. The minimum Gasteiger partial charge on any atom is -0.254 e. The molecule has 130 valence electrons. The average Bonchev–Trinajstić information content (AvgIpc) is 2.77. The molecule has 0 unspecified atom stereocenters. The predicted octanol–water partition coefficient (Wildman–Crippen LogP) is 6.76. The molecule has 0 fully saturated rings. The van der Waals surface area contributed by atoms with Gasteiger partial charge < -0.3 is 0 Å². The van der Waals surface area contributed by atoms with Crippen LogP contribution in [0.1, 0.15) is 0 Å². The van der Waals surface area contributed by atoms with Crippen LogP contribution >= 0.6 is 0 Å². The maximum absolute atomic E-state index is 4.99. The van der Waals surface area contributed by atoms with Crippen LogP contribution in [0, 0.1) is 0 Å². The maximum Gasteiger partial charge on any atom is 0.0978 e. The fourth-order valence-electron chi connectivity index (χ4n) is 4.15. The van der Waals surface area contributed by atoms with Crippen LogP contribution in [0.15, 0.2) is 97.2 Å². The van der Waals surface area contributed by atoms with Gasteiger partial charge in [0.25, 0.3) is 0 Å². The van der Waals surface area contributed by atoms with Crippen LogP contribution < -0.4 is 0 Å². The molecule has 0 spiro atoms. The largest absolute Gasteiger partial charge is 0.254 e. The Morgan fingerprint density at radius 2 is 1.32 bits per heavy atom. The van der Waals surface area contributed by atoms with E-state index in [1.165, 1.54) is 27.3 Å². The Hall–Kier alpha value is -3.78. The lowest BCUT2D eigenvalue weighted by Gasteiger charge is -2.13. The van der Waals surface area contributed by atoms with Crippen molar-refractivity contribution in [2.24, 2.45) is 0 Å². The highest BCUT2D eigenvalue weighted by molar-refractivity contribution is 6.16. The normalized spacial score (nSPS) is 11.6. The van der Waals surface area contributed by atoms with E-state index >= 15 is 0 Å². The molecule has 0 aliphatic carbocycles. The van der Waals surface area contributed by atoms with Crippen molar-refractivity contribution in [3.05, 3.63) is 97.2 Å². The van der Waals surface area contributed by atoms with Crippen LogP contribution in [0.2, 0.25) is 0 Å². The van der Waals surface area contributed by atoms with Gasteiger partial charge in [-0.2, -0.15) is 0 Å². The number of fused-ring (bicyclic) bond motifs is 5. The van der Waals surface area contributed by atoms with Gasteiger partial charge in [0.1, 0.15) is 0 Å². The molecule has 0 amide bonds. The van der Waals surface area contributed by atoms with Crippen molar-refractivity contribution in [2.45, 2.75) is 0 Å². The summed E-state index contributed by atoms with van der Waals surface area (Å²) < 4.78 is 0. The standard InChI is InChI=1S/C26H16N2/c1-2-7-19-16-20(12-11-17(19)6-1)24-21-9-3-4-10-23(21)28-26-22(24)14-13-18-8-5-15-27-25(18)26/h1-16H. The molecular weight excluding hydrogens is 340 g/mol. The molecule has 0 aliphatic rings. The molecule has 0 radical (unpaired) electrons. The Kier molecular flexibility index (Phi) is 3.20. The number of pyridine rings is 2. The van der Waals surface area contributed by atoms with Gasteiger partial charge in [0.2, 0.25) is 0 Å². The van der Waals surface area contributed by atoms with Crippen LogP contribution in [0.3, 0.4) is 0 Å². The summed E-state index contributed by atoms with van der Waals surface area (Å²) in [6.07, 6.45) is 1.84. The fraction of sp³-hybridized carbons (Fsp3) is 0. The van der Waals surface area contributed by atoms with E-state index in [9.17, 15) is 0 Å². The first-order valence-electron chi connectivity index (χ1n) is 9.44. The molecule has 2 nitrogen and oxygen atoms in total. The van der Waals surface area contributed by atoms with E-state index in [0.29, 0.717) is 0 Å². The predicted molar refractivity (Wildman–Crippen MR) is 117 cm³/mol. The number of nitrogens with zero attached hydrogens (tertiary/aromatic N) is 2.